The first-order valence-electron chi connectivity index (χ1n) is 9.74. The van der Waals surface area contributed by atoms with Crippen LogP contribution in [-0.4, -0.2) is 38.8 Å². The van der Waals surface area contributed by atoms with E-state index < -0.39 is 6.10 Å². The molecule has 6 nitrogen and oxygen atoms in total. The number of carbonyl (C=O) groups excluding carboxylic acids is 1. The van der Waals surface area contributed by atoms with E-state index in [0.717, 1.165) is 17.7 Å². The van der Waals surface area contributed by atoms with Gasteiger partial charge in [0.15, 0.2) is 23.4 Å². The number of hydrogen-bond acceptors (Lipinski definition) is 6. The molecule has 6 heteroatoms. The van der Waals surface area contributed by atoms with Crippen LogP contribution < -0.4 is 9.47 Å². The lowest BCUT2D eigenvalue weighted by molar-refractivity contribution is 0.0742. The molecule has 29 heavy (non-hydrogen) atoms. The molecule has 0 saturated heterocycles. The molecule has 1 unspecified atom stereocenters. The Morgan fingerprint density at radius 1 is 1.17 bits per heavy atom. The predicted molar refractivity (Wildman–Crippen MR) is 104 cm³/mol. The molecule has 0 bridgehead atoms. The van der Waals surface area contributed by atoms with Crippen LogP contribution in [0.25, 0.3) is 0 Å². The van der Waals surface area contributed by atoms with Crippen molar-refractivity contribution in [3.8, 4) is 11.5 Å². The zero-order chi connectivity index (χ0) is 20.3. The highest BCUT2D eigenvalue weighted by molar-refractivity contribution is 6.14. The van der Waals surface area contributed by atoms with Crippen molar-refractivity contribution in [3.63, 3.8) is 0 Å². The fourth-order valence-electron chi connectivity index (χ4n) is 4.18. The first-order valence-corrected chi connectivity index (χ1v) is 9.74. The van der Waals surface area contributed by atoms with E-state index in [1.54, 1.807) is 19.3 Å². The van der Waals surface area contributed by atoms with Gasteiger partial charge in [0.1, 0.15) is 24.2 Å². The third kappa shape index (κ3) is 2.60. The summed E-state index contributed by atoms with van der Waals surface area (Å²) >= 11 is 0. The van der Waals surface area contributed by atoms with Crippen molar-refractivity contribution in [2.75, 3.05) is 20.8 Å². The van der Waals surface area contributed by atoms with E-state index in [-0.39, 0.29) is 18.5 Å². The molecular formula is C23H22O6. The Bertz CT molecular complexity index is 1050. The molecular weight excluding hydrogens is 372 g/mol. The van der Waals surface area contributed by atoms with Crippen LogP contribution in [0.4, 0.5) is 0 Å². The molecule has 2 atom stereocenters. The highest BCUT2D eigenvalue weighted by Gasteiger charge is 2.42. The lowest BCUT2D eigenvalue weighted by Crippen LogP contribution is -2.38. The van der Waals surface area contributed by atoms with Crippen molar-refractivity contribution in [1.29, 1.82) is 0 Å². The second-order valence-electron chi connectivity index (χ2n) is 7.80. The van der Waals surface area contributed by atoms with Crippen molar-refractivity contribution in [1.82, 2.24) is 0 Å². The van der Waals surface area contributed by atoms with Crippen LogP contribution in [0, 0.1) is 5.92 Å². The second kappa shape index (κ2) is 6.46. The van der Waals surface area contributed by atoms with Gasteiger partial charge in [0.2, 0.25) is 5.76 Å². The van der Waals surface area contributed by atoms with Gasteiger partial charge in [-0.15, -0.1) is 0 Å². The molecule has 1 aromatic rings. The van der Waals surface area contributed by atoms with Crippen LogP contribution in [-0.2, 0) is 20.6 Å². The summed E-state index contributed by atoms with van der Waals surface area (Å²) in [5.41, 5.74) is 5.78. The Morgan fingerprint density at radius 2 is 2.00 bits per heavy atom. The van der Waals surface area contributed by atoms with Crippen LogP contribution in [0.2, 0.25) is 0 Å². The minimum absolute atomic E-state index is 0.0581. The number of rotatable bonds is 3. The first-order chi connectivity index (χ1) is 14.0. The minimum atomic E-state index is -0.487. The topological polar surface area (TPSA) is 63.2 Å². The number of benzene rings is 1. The molecule has 150 valence electrons. The van der Waals surface area contributed by atoms with E-state index in [9.17, 15) is 4.79 Å². The lowest BCUT2D eigenvalue weighted by atomic mass is 9.86. The smallest absolute Gasteiger partial charge is 0.208 e. The van der Waals surface area contributed by atoms with Gasteiger partial charge in [0, 0.05) is 17.6 Å². The Morgan fingerprint density at radius 3 is 2.72 bits per heavy atom. The maximum atomic E-state index is 13.5. The van der Waals surface area contributed by atoms with Gasteiger partial charge in [-0.3, -0.25) is 4.79 Å². The monoisotopic (exact) mass is 394 g/mol. The molecule has 0 spiro atoms. The van der Waals surface area contributed by atoms with E-state index in [0.29, 0.717) is 45.7 Å². The Kier molecular flexibility index (Phi) is 4.00. The molecule has 0 N–H and O–H groups in total. The van der Waals surface area contributed by atoms with Crippen molar-refractivity contribution in [3.05, 3.63) is 63.5 Å². The summed E-state index contributed by atoms with van der Waals surface area (Å²) in [4.78, 5) is 13.5. The Balaban J connectivity index is 1.63. The minimum Gasteiger partial charge on any atom is -0.492 e. The van der Waals surface area contributed by atoms with Gasteiger partial charge in [-0.05, 0) is 29.9 Å². The summed E-state index contributed by atoms with van der Waals surface area (Å²) in [5.74, 6) is 3.14. The molecule has 3 aliphatic heterocycles. The Labute approximate surface area is 169 Å². The largest absolute Gasteiger partial charge is 0.492 e. The second-order valence-corrected chi connectivity index (χ2v) is 7.80. The standard InChI is InChI=1S/C23H22O6/c1-11(2)16-8-14-15(28-16)6-5-12-22(24)21-13-7-18(25-3)19(26-4)9-17(13)27-10-20(21)29-23(12)14/h5-7,11,16,20H,8,10H2,1-4H3/t16-,20?/m1/s1. The number of fused-ring (bicyclic) bond motifs is 5. The van der Waals surface area contributed by atoms with E-state index in [4.69, 9.17) is 23.7 Å². The molecule has 1 aromatic carbocycles. The van der Waals surface area contributed by atoms with E-state index in [2.05, 4.69) is 19.6 Å². The number of ketones is 1. The summed E-state index contributed by atoms with van der Waals surface area (Å²) in [6.07, 6.45) is 2.10. The average molecular weight is 394 g/mol. The highest BCUT2D eigenvalue weighted by Crippen LogP contribution is 2.46. The number of methoxy groups -OCH3 is 2. The molecule has 1 aliphatic carbocycles. The molecule has 0 fully saturated rings. The molecule has 5 rings (SSSR count). The number of ether oxygens (including phenoxy) is 5. The quantitative estimate of drug-likeness (QED) is 0.732. The summed E-state index contributed by atoms with van der Waals surface area (Å²) in [6.45, 7) is 4.49. The van der Waals surface area contributed by atoms with Gasteiger partial charge in [-0.1, -0.05) is 13.8 Å². The number of hydrogen-bond donors (Lipinski definition) is 0. The maximum absolute atomic E-state index is 13.5. The van der Waals surface area contributed by atoms with E-state index in [1.807, 2.05) is 6.07 Å². The van der Waals surface area contributed by atoms with Crippen molar-refractivity contribution < 1.29 is 28.5 Å². The predicted octanol–water partition coefficient (Wildman–Crippen LogP) is 3.47. The molecule has 0 amide bonds. The Hall–Kier alpha value is -3.11. The zero-order valence-corrected chi connectivity index (χ0v) is 16.8. The fourth-order valence-corrected chi connectivity index (χ4v) is 4.18. The number of Topliss-reactive ketones (excluding diaryl/α,β-unsaturated/α-hetero) is 1. The van der Waals surface area contributed by atoms with Crippen molar-refractivity contribution in [2.45, 2.75) is 32.5 Å². The summed E-state index contributed by atoms with van der Waals surface area (Å²) < 4.78 is 28.9. The van der Waals surface area contributed by atoms with Gasteiger partial charge < -0.3 is 23.7 Å². The normalized spacial score (nSPS) is 24.0. The fraction of sp³-hybridized carbons (Fsp3) is 0.391. The van der Waals surface area contributed by atoms with Crippen LogP contribution in [0.3, 0.4) is 0 Å². The van der Waals surface area contributed by atoms with Crippen LogP contribution in [0.5, 0.6) is 11.5 Å². The van der Waals surface area contributed by atoms with Gasteiger partial charge in [0.05, 0.1) is 25.4 Å². The van der Waals surface area contributed by atoms with E-state index >= 15 is 0 Å². The molecule has 4 aliphatic rings. The van der Waals surface area contributed by atoms with Gasteiger partial charge in [-0.2, -0.15) is 0 Å². The summed E-state index contributed by atoms with van der Waals surface area (Å²) in [7, 11) is 3.09. The molecule has 3 heterocycles. The third-order valence-corrected chi connectivity index (χ3v) is 5.78. The first kappa shape index (κ1) is 18.0. The van der Waals surface area contributed by atoms with Crippen molar-refractivity contribution in [2.24, 2.45) is 5.92 Å². The average Bonchev–Trinajstić information content (AvgIpc) is 3.17. The zero-order valence-electron chi connectivity index (χ0n) is 16.8. The highest BCUT2D eigenvalue weighted by atomic mass is 16.5. The van der Waals surface area contributed by atoms with Crippen molar-refractivity contribution >= 4 is 5.78 Å². The molecule has 0 radical (unpaired) electrons. The van der Waals surface area contributed by atoms with E-state index in [1.165, 1.54) is 7.11 Å². The SMILES string of the molecule is COC1=C=C2OCC3Oc4c(ccc5c4C[C@H](C(C)C)O5)C(=O)C3=C2C=C1OC. The number of carbonyl (C=O) groups is 1. The van der Waals surface area contributed by atoms with Gasteiger partial charge >= 0.3 is 0 Å². The maximum Gasteiger partial charge on any atom is 0.208 e. The lowest BCUT2D eigenvalue weighted by Gasteiger charge is -2.34. The molecule has 0 saturated carbocycles. The van der Waals surface area contributed by atoms with Crippen LogP contribution >= 0.6 is 0 Å². The summed E-state index contributed by atoms with van der Waals surface area (Å²) in [5, 5.41) is 0. The van der Waals surface area contributed by atoms with Crippen LogP contribution in [0.15, 0.2) is 52.4 Å². The summed E-state index contributed by atoms with van der Waals surface area (Å²) in [6, 6.07) is 3.67. The van der Waals surface area contributed by atoms with Gasteiger partial charge in [-0.25, -0.2) is 0 Å². The van der Waals surface area contributed by atoms with Gasteiger partial charge in [0.25, 0.3) is 0 Å². The third-order valence-electron chi connectivity index (χ3n) is 5.78. The molecule has 0 aromatic heterocycles. The van der Waals surface area contributed by atoms with Crippen LogP contribution in [0.1, 0.15) is 29.8 Å².